The van der Waals surface area contributed by atoms with Gasteiger partial charge in [0.1, 0.15) is 0 Å². The summed E-state index contributed by atoms with van der Waals surface area (Å²) >= 11 is 0. The van der Waals surface area contributed by atoms with Gasteiger partial charge >= 0.3 is 0 Å². The predicted octanol–water partition coefficient (Wildman–Crippen LogP) is 3.69. The van der Waals surface area contributed by atoms with Gasteiger partial charge in [0, 0.05) is 49.6 Å². The Morgan fingerprint density at radius 3 is 2.27 bits per heavy atom. The summed E-state index contributed by atoms with van der Waals surface area (Å²) < 4.78 is 16.2. The molecular weight excluding hydrogens is 422 g/mol. The van der Waals surface area contributed by atoms with Gasteiger partial charge < -0.3 is 29.3 Å². The summed E-state index contributed by atoms with van der Waals surface area (Å²) in [5, 5.41) is 3.01. The van der Waals surface area contributed by atoms with Crippen LogP contribution in [0, 0.1) is 5.92 Å². The second kappa shape index (κ2) is 10.0. The largest absolute Gasteiger partial charge is 0.493 e. The van der Waals surface area contributed by atoms with E-state index in [1.165, 1.54) is 40.6 Å². The minimum Gasteiger partial charge on any atom is -0.493 e. The van der Waals surface area contributed by atoms with Gasteiger partial charge in [0.05, 0.1) is 32.9 Å². The second-order valence-electron chi connectivity index (χ2n) is 8.38. The summed E-state index contributed by atoms with van der Waals surface area (Å²) in [6.45, 7) is 2.37. The number of rotatable bonds is 7. The number of amides is 2. The fourth-order valence-electron chi connectivity index (χ4n) is 4.53. The summed E-state index contributed by atoms with van der Waals surface area (Å²) in [6, 6.07) is 11.4. The third kappa shape index (κ3) is 4.84. The minimum absolute atomic E-state index is 0.119. The molecule has 2 aliphatic heterocycles. The van der Waals surface area contributed by atoms with Crippen molar-refractivity contribution < 1.29 is 23.8 Å². The van der Waals surface area contributed by atoms with Crippen LogP contribution in [0.4, 0.5) is 17.1 Å². The highest BCUT2D eigenvalue weighted by Gasteiger charge is 2.36. The molecule has 1 atom stereocenters. The number of benzene rings is 2. The lowest BCUT2D eigenvalue weighted by molar-refractivity contribution is -0.122. The fraction of sp³-hybridized carbons (Fsp3) is 0.440. The topological polar surface area (TPSA) is 80.3 Å². The van der Waals surface area contributed by atoms with Crippen molar-refractivity contribution in [2.75, 3.05) is 56.1 Å². The molecule has 0 bridgehead atoms. The number of hydrogen-bond donors (Lipinski definition) is 1. The number of anilines is 3. The van der Waals surface area contributed by atoms with Crippen molar-refractivity contribution in [1.29, 1.82) is 0 Å². The van der Waals surface area contributed by atoms with Crippen molar-refractivity contribution in [3.63, 3.8) is 0 Å². The lowest BCUT2D eigenvalue weighted by Gasteiger charge is -2.29. The van der Waals surface area contributed by atoms with Gasteiger partial charge in [0.25, 0.3) is 0 Å². The molecule has 1 unspecified atom stereocenters. The molecular formula is C25H31N3O5. The minimum atomic E-state index is -0.449. The van der Waals surface area contributed by atoms with E-state index in [2.05, 4.69) is 16.3 Å². The van der Waals surface area contributed by atoms with Gasteiger partial charge in [-0.1, -0.05) is 6.07 Å². The molecule has 8 nitrogen and oxygen atoms in total. The van der Waals surface area contributed by atoms with Crippen LogP contribution >= 0.6 is 0 Å². The lowest BCUT2D eigenvalue weighted by Crippen LogP contribution is -2.30. The Morgan fingerprint density at radius 1 is 0.939 bits per heavy atom. The van der Waals surface area contributed by atoms with E-state index in [-0.39, 0.29) is 24.8 Å². The van der Waals surface area contributed by atoms with Gasteiger partial charge in [-0.15, -0.1) is 0 Å². The van der Waals surface area contributed by atoms with Gasteiger partial charge in [-0.2, -0.15) is 0 Å². The first-order chi connectivity index (χ1) is 16.0. The summed E-state index contributed by atoms with van der Waals surface area (Å²) in [5.41, 5.74) is 2.48. The van der Waals surface area contributed by atoms with Crippen molar-refractivity contribution in [2.45, 2.75) is 25.7 Å². The van der Waals surface area contributed by atoms with Gasteiger partial charge in [0.15, 0.2) is 11.5 Å². The Balaban J connectivity index is 1.47. The fourth-order valence-corrected chi connectivity index (χ4v) is 4.53. The average molecular weight is 454 g/mol. The number of methoxy groups -OCH3 is 3. The molecule has 1 N–H and O–H groups in total. The first-order valence-corrected chi connectivity index (χ1v) is 11.3. The third-order valence-corrected chi connectivity index (χ3v) is 6.29. The Bertz CT molecular complexity index is 994. The number of piperidine rings is 1. The zero-order chi connectivity index (χ0) is 23.4. The highest BCUT2D eigenvalue weighted by molar-refractivity contribution is 6.04. The number of carbonyl (C=O) groups is 2. The summed E-state index contributed by atoms with van der Waals surface area (Å²) in [5.74, 6) is 0.651. The normalized spacial score (nSPS) is 18.3. The van der Waals surface area contributed by atoms with Gasteiger partial charge in [0.2, 0.25) is 17.6 Å². The van der Waals surface area contributed by atoms with Crippen molar-refractivity contribution in [3.8, 4) is 17.2 Å². The molecule has 0 radical (unpaired) electrons. The molecule has 2 saturated heterocycles. The van der Waals surface area contributed by atoms with Gasteiger partial charge in [-0.05, 0) is 37.5 Å². The molecule has 0 saturated carbocycles. The predicted molar refractivity (Wildman–Crippen MR) is 128 cm³/mol. The maximum atomic E-state index is 13.0. The van der Waals surface area contributed by atoms with Crippen molar-refractivity contribution in [1.82, 2.24) is 0 Å². The molecule has 2 aromatic carbocycles. The van der Waals surface area contributed by atoms with Crippen LogP contribution in [0.2, 0.25) is 0 Å². The first kappa shape index (κ1) is 22.8. The maximum absolute atomic E-state index is 13.0. The number of ether oxygens (including phenoxy) is 3. The van der Waals surface area contributed by atoms with Crippen LogP contribution in [0.3, 0.4) is 0 Å². The van der Waals surface area contributed by atoms with Crippen LogP contribution in [0.25, 0.3) is 0 Å². The van der Waals surface area contributed by atoms with Crippen LogP contribution < -0.4 is 29.3 Å². The van der Waals surface area contributed by atoms with E-state index in [4.69, 9.17) is 14.2 Å². The number of carbonyl (C=O) groups excluding carboxylic acids is 2. The Morgan fingerprint density at radius 2 is 1.64 bits per heavy atom. The molecule has 2 fully saturated rings. The first-order valence-electron chi connectivity index (χ1n) is 11.3. The van der Waals surface area contributed by atoms with E-state index in [0.717, 1.165) is 24.5 Å². The van der Waals surface area contributed by atoms with Crippen LogP contribution in [0.5, 0.6) is 17.2 Å². The van der Waals surface area contributed by atoms with E-state index in [1.807, 2.05) is 18.2 Å². The molecule has 176 valence electrons. The SMILES string of the molecule is COc1cc(N2CC(C(=O)Nc3cccc(N4CCCCC4)c3)CC2=O)cc(OC)c1OC. The highest BCUT2D eigenvalue weighted by Crippen LogP contribution is 2.42. The third-order valence-electron chi connectivity index (χ3n) is 6.29. The van der Waals surface area contributed by atoms with Crippen LogP contribution in [-0.2, 0) is 9.59 Å². The summed E-state index contributed by atoms with van der Waals surface area (Å²) in [4.78, 5) is 29.7. The van der Waals surface area contributed by atoms with E-state index in [1.54, 1.807) is 17.0 Å². The molecule has 0 aromatic heterocycles. The molecule has 2 aliphatic rings. The monoisotopic (exact) mass is 453 g/mol. The molecule has 2 heterocycles. The van der Waals surface area contributed by atoms with Crippen LogP contribution in [0.15, 0.2) is 36.4 Å². The molecule has 2 amide bonds. The molecule has 2 aromatic rings. The number of nitrogens with one attached hydrogen (secondary N) is 1. The molecule has 0 spiro atoms. The van der Waals surface area contributed by atoms with E-state index >= 15 is 0 Å². The van der Waals surface area contributed by atoms with E-state index in [0.29, 0.717) is 22.9 Å². The number of hydrogen-bond acceptors (Lipinski definition) is 6. The second-order valence-corrected chi connectivity index (χ2v) is 8.38. The average Bonchev–Trinajstić information content (AvgIpc) is 3.25. The van der Waals surface area contributed by atoms with Crippen molar-refractivity contribution in [2.24, 2.45) is 5.92 Å². The molecule has 4 rings (SSSR count). The van der Waals surface area contributed by atoms with Crippen molar-refractivity contribution in [3.05, 3.63) is 36.4 Å². The molecule has 33 heavy (non-hydrogen) atoms. The number of nitrogens with zero attached hydrogens (tertiary/aromatic N) is 2. The van der Waals surface area contributed by atoms with Crippen molar-refractivity contribution >= 4 is 28.9 Å². The lowest BCUT2D eigenvalue weighted by atomic mass is 10.1. The van der Waals surface area contributed by atoms with Gasteiger partial charge in [-0.25, -0.2) is 0 Å². The zero-order valence-corrected chi connectivity index (χ0v) is 19.4. The Hall–Kier alpha value is -3.42. The van der Waals surface area contributed by atoms with Gasteiger partial charge in [-0.3, -0.25) is 9.59 Å². The Labute approximate surface area is 194 Å². The van der Waals surface area contributed by atoms with E-state index < -0.39 is 5.92 Å². The maximum Gasteiger partial charge on any atom is 0.229 e. The van der Waals surface area contributed by atoms with Crippen LogP contribution in [0.1, 0.15) is 25.7 Å². The zero-order valence-electron chi connectivity index (χ0n) is 19.4. The molecule has 8 heteroatoms. The Kier molecular flexibility index (Phi) is 6.91. The summed E-state index contributed by atoms with van der Waals surface area (Å²) in [7, 11) is 4.59. The smallest absolute Gasteiger partial charge is 0.229 e. The highest BCUT2D eigenvalue weighted by atomic mass is 16.5. The summed E-state index contributed by atoms with van der Waals surface area (Å²) in [6.07, 6.45) is 3.80. The van der Waals surface area contributed by atoms with E-state index in [9.17, 15) is 9.59 Å². The van der Waals surface area contributed by atoms with Crippen LogP contribution in [-0.4, -0.2) is 52.8 Å². The quantitative estimate of drug-likeness (QED) is 0.689. The standard InChI is InChI=1S/C25H31N3O5/c1-31-21-14-20(15-22(32-2)24(21)33-3)28-16-17(12-23(28)29)25(30)26-18-8-7-9-19(13-18)27-10-5-4-6-11-27/h7-9,13-15,17H,4-6,10-12,16H2,1-3H3,(H,26,30). The molecule has 0 aliphatic carbocycles.